The molecule has 0 bridgehead atoms. The summed E-state index contributed by atoms with van der Waals surface area (Å²) in [5.74, 6) is 1.02. The third kappa shape index (κ3) is 2.73. The van der Waals surface area contributed by atoms with Gasteiger partial charge in [0.25, 0.3) is 0 Å². The highest BCUT2D eigenvalue weighted by molar-refractivity contribution is 5.66. The summed E-state index contributed by atoms with van der Waals surface area (Å²) in [6, 6.07) is 5.35. The van der Waals surface area contributed by atoms with Crippen molar-refractivity contribution in [3.8, 4) is 11.5 Å². The number of aliphatic hydroxyl groups is 1. The lowest BCUT2D eigenvalue weighted by atomic mass is 9.97. The number of ether oxygens (including phenoxy) is 3. The molecule has 1 aromatic rings. The molecule has 5 nitrogen and oxygen atoms in total. The van der Waals surface area contributed by atoms with Crippen molar-refractivity contribution in [2.75, 3.05) is 19.8 Å². The second-order valence-electron chi connectivity index (χ2n) is 4.09. The summed E-state index contributed by atoms with van der Waals surface area (Å²) in [4.78, 5) is 11.3. The summed E-state index contributed by atoms with van der Waals surface area (Å²) in [5.41, 5.74) is 0.932. The Bertz CT molecular complexity index is 429. The number of rotatable bonds is 3. The zero-order valence-electron chi connectivity index (χ0n) is 10.2. The molecule has 1 aromatic carbocycles. The van der Waals surface area contributed by atoms with E-state index in [0.717, 1.165) is 5.56 Å². The molecule has 5 heteroatoms. The Morgan fingerprint density at radius 2 is 2.39 bits per heavy atom. The van der Waals surface area contributed by atoms with Gasteiger partial charge in [-0.25, -0.2) is 4.79 Å². The molecule has 1 aliphatic rings. The smallest absolute Gasteiger partial charge is 0.489 e. The van der Waals surface area contributed by atoms with Gasteiger partial charge in [-0.3, -0.25) is 0 Å². The molecule has 98 valence electrons. The fourth-order valence-corrected chi connectivity index (χ4v) is 1.89. The fourth-order valence-electron chi connectivity index (χ4n) is 1.89. The van der Waals surface area contributed by atoms with E-state index in [-0.39, 0.29) is 19.1 Å². The number of hydrogen-bond acceptors (Lipinski definition) is 5. The van der Waals surface area contributed by atoms with E-state index in [9.17, 15) is 4.79 Å². The summed E-state index contributed by atoms with van der Waals surface area (Å²) in [7, 11) is 0. The Balaban J connectivity index is 2.16. The molecule has 0 spiro atoms. The Kier molecular flexibility index (Phi) is 4.04. The van der Waals surface area contributed by atoms with Gasteiger partial charge in [-0.1, -0.05) is 12.1 Å². The third-order valence-electron chi connectivity index (χ3n) is 2.75. The number of carbonyl (C=O) groups excluding carboxylic acids is 1. The highest BCUT2D eigenvalue weighted by atomic mass is 16.7. The van der Waals surface area contributed by atoms with E-state index in [2.05, 4.69) is 0 Å². The second-order valence-corrected chi connectivity index (χ2v) is 4.09. The molecule has 1 atom stereocenters. The first-order valence-electron chi connectivity index (χ1n) is 5.94. The van der Waals surface area contributed by atoms with E-state index in [0.29, 0.717) is 24.5 Å². The lowest BCUT2D eigenvalue weighted by Crippen LogP contribution is -2.24. The van der Waals surface area contributed by atoms with Gasteiger partial charge in [0.05, 0.1) is 13.2 Å². The molecule has 1 unspecified atom stereocenters. The van der Waals surface area contributed by atoms with Gasteiger partial charge in [0, 0.05) is 12.5 Å². The van der Waals surface area contributed by atoms with Crippen molar-refractivity contribution >= 4 is 6.16 Å². The monoisotopic (exact) mass is 252 g/mol. The Hall–Kier alpha value is -1.75. The molecule has 2 rings (SSSR count). The van der Waals surface area contributed by atoms with Crippen LogP contribution in [-0.4, -0.2) is 31.1 Å². The van der Waals surface area contributed by atoms with Gasteiger partial charge in [0.15, 0.2) is 11.5 Å². The third-order valence-corrected chi connectivity index (χ3v) is 2.75. The molecule has 0 amide bonds. The lowest BCUT2D eigenvalue weighted by Gasteiger charge is -2.25. The van der Waals surface area contributed by atoms with Gasteiger partial charge in [0.1, 0.15) is 0 Å². The largest absolute Gasteiger partial charge is 0.513 e. The van der Waals surface area contributed by atoms with Crippen LogP contribution in [0.25, 0.3) is 0 Å². The maximum Gasteiger partial charge on any atom is 0.513 e. The van der Waals surface area contributed by atoms with E-state index in [1.54, 1.807) is 19.1 Å². The summed E-state index contributed by atoms with van der Waals surface area (Å²) in [6.45, 7) is 2.49. The summed E-state index contributed by atoms with van der Waals surface area (Å²) in [5, 5.41) is 9.12. The standard InChI is InChI=1S/C13H16O5/c1-2-16-13(15)18-11-5-3-4-10-6-9(7-14)8-17-12(10)11/h3-5,9,14H,2,6-8H2,1H3. The van der Waals surface area contributed by atoms with Crippen molar-refractivity contribution in [1.29, 1.82) is 0 Å². The molecule has 0 radical (unpaired) electrons. The van der Waals surface area contributed by atoms with Crippen molar-refractivity contribution in [3.05, 3.63) is 23.8 Å². The summed E-state index contributed by atoms with van der Waals surface area (Å²) < 4.78 is 15.3. The number of para-hydroxylation sites is 1. The topological polar surface area (TPSA) is 65.0 Å². The number of fused-ring (bicyclic) bond motifs is 1. The summed E-state index contributed by atoms with van der Waals surface area (Å²) in [6.07, 6.45) is -0.0231. The normalized spacial score (nSPS) is 17.6. The number of aliphatic hydroxyl groups excluding tert-OH is 1. The van der Waals surface area contributed by atoms with Crippen LogP contribution in [0.3, 0.4) is 0 Å². The fraction of sp³-hybridized carbons (Fsp3) is 0.462. The molecule has 0 saturated carbocycles. The van der Waals surface area contributed by atoms with Gasteiger partial charge in [0.2, 0.25) is 0 Å². The Morgan fingerprint density at radius 3 is 3.11 bits per heavy atom. The average Bonchev–Trinajstić information content (AvgIpc) is 2.38. The SMILES string of the molecule is CCOC(=O)Oc1cccc2c1OCC(CO)C2. The van der Waals surface area contributed by atoms with Crippen LogP contribution in [0.5, 0.6) is 11.5 Å². The van der Waals surface area contributed by atoms with E-state index < -0.39 is 6.16 Å². The van der Waals surface area contributed by atoms with E-state index in [1.165, 1.54) is 0 Å². The van der Waals surface area contributed by atoms with Gasteiger partial charge in [-0.2, -0.15) is 0 Å². The average molecular weight is 252 g/mol. The maximum atomic E-state index is 11.3. The van der Waals surface area contributed by atoms with Crippen LogP contribution < -0.4 is 9.47 Å². The predicted octanol–water partition coefficient (Wildman–Crippen LogP) is 1.77. The van der Waals surface area contributed by atoms with Crippen molar-refractivity contribution in [2.24, 2.45) is 5.92 Å². The molecule has 18 heavy (non-hydrogen) atoms. The second kappa shape index (κ2) is 5.73. The maximum absolute atomic E-state index is 11.3. The van der Waals surface area contributed by atoms with Gasteiger partial charge >= 0.3 is 6.16 Å². The van der Waals surface area contributed by atoms with Crippen molar-refractivity contribution < 1.29 is 24.1 Å². The van der Waals surface area contributed by atoms with Crippen LogP contribution >= 0.6 is 0 Å². The molecule has 1 N–H and O–H groups in total. The first kappa shape index (κ1) is 12.7. The van der Waals surface area contributed by atoms with E-state index >= 15 is 0 Å². The van der Waals surface area contributed by atoms with Crippen molar-refractivity contribution in [3.63, 3.8) is 0 Å². The van der Waals surface area contributed by atoms with Crippen LogP contribution in [0.2, 0.25) is 0 Å². The molecule has 0 saturated heterocycles. The van der Waals surface area contributed by atoms with Crippen LogP contribution in [-0.2, 0) is 11.2 Å². The van der Waals surface area contributed by atoms with Crippen LogP contribution in [0, 0.1) is 5.92 Å². The van der Waals surface area contributed by atoms with Crippen LogP contribution in [0.15, 0.2) is 18.2 Å². The number of benzene rings is 1. The Labute approximate surface area is 105 Å². The van der Waals surface area contributed by atoms with Gasteiger partial charge in [-0.15, -0.1) is 0 Å². The molecule has 0 aromatic heterocycles. The lowest BCUT2D eigenvalue weighted by molar-refractivity contribution is 0.0994. The highest BCUT2D eigenvalue weighted by Gasteiger charge is 2.23. The van der Waals surface area contributed by atoms with E-state index in [1.807, 2.05) is 6.07 Å². The van der Waals surface area contributed by atoms with Crippen LogP contribution in [0.1, 0.15) is 12.5 Å². The summed E-state index contributed by atoms with van der Waals surface area (Å²) >= 11 is 0. The van der Waals surface area contributed by atoms with Gasteiger partial charge < -0.3 is 19.3 Å². The first-order valence-corrected chi connectivity index (χ1v) is 5.94. The van der Waals surface area contributed by atoms with Crippen molar-refractivity contribution in [2.45, 2.75) is 13.3 Å². The van der Waals surface area contributed by atoms with Gasteiger partial charge in [-0.05, 0) is 25.0 Å². The zero-order chi connectivity index (χ0) is 13.0. The molecule has 1 aliphatic heterocycles. The minimum atomic E-state index is -0.737. The van der Waals surface area contributed by atoms with Crippen molar-refractivity contribution in [1.82, 2.24) is 0 Å². The number of carbonyl (C=O) groups is 1. The molecule has 0 fully saturated rings. The first-order chi connectivity index (χ1) is 8.74. The quantitative estimate of drug-likeness (QED) is 0.656. The van der Waals surface area contributed by atoms with Crippen LogP contribution in [0.4, 0.5) is 4.79 Å². The highest BCUT2D eigenvalue weighted by Crippen LogP contribution is 2.36. The molecular weight excluding hydrogens is 236 g/mol. The Morgan fingerprint density at radius 1 is 1.56 bits per heavy atom. The molecule has 0 aliphatic carbocycles. The molecule has 1 heterocycles. The minimum absolute atomic E-state index is 0.0857. The zero-order valence-corrected chi connectivity index (χ0v) is 10.2. The number of hydrogen-bond donors (Lipinski definition) is 1. The van der Waals surface area contributed by atoms with E-state index in [4.69, 9.17) is 19.3 Å². The minimum Gasteiger partial charge on any atom is -0.489 e. The molecular formula is C13H16O5. The predicted molar refractivity (Wildman–Crippen MR) is 63.9 cm³/mol.